The van der Waals surface area contributed by atoms with Crippen LogP contribution in [0.3, 0.4) is 0 Å². The number of halogens is 5. The maximum Gasteiger partial charge on any atom is 0.255 e. The van der Waals surface area contributed by atoms with Gasteiger partial charge in [0.05, 0.1) is 5.69 Å². The fourth-order valence-corrected chi connectivity index (χ4v) is 1.36. The molecule has 0 bridgehead atoms. The normalized spacial score (nSPS) is 16.3. The lowest BCUT2D eigenvalue weighted by Crippen LogP contribution is -2.17. The third kappa shape index (κ3) is 2.18. The zero-order valence-electron chi connectivity index (χ0n) is 9.05. The molecule has 0 atom stereocenters. The highest BCUT2D eigenvalue weighted by atomic mass is 19.2. The van der Waals surface area contributed by atoms with Crippen LogP contribution in [0.15, 0.2) is 52.6 Å². The summed E-state index contributed by atoms with van der Waals surface area (Å²) in [6, 6.07) is 4.60. The van der Waals surface area contributed by atoms with Crippen molar-refractivity contribution in [3.8, 4) is 0 Å². The van der Waals surface area contributed by atoms with Crippen molar-refractivity contribution in [1.82, 2.24) is 0 Å². The average molecular weight is 273 g/mol. The van der Waals surface area contributed by atoms with Gasteiger partial charge in [0.15, 0.2) is 11.7 Å². The van der Waals surface area contributed by atoms with Gasteiger partial charge in [0.25, 0.3) is 5.78 Å². The number of Topliss-reactive ketones (excluding diaryl/α,β-unsaturated/α-hetero) is 1. The zero-order valence-corrected chi connectivity index (χ0v) is 9.05. The van der Waals surface area contributed by atoms with Gasteiger partial charge in [-0.3, -0.25) is 4.79 Å². The van der Waals surface area contributed by atoms with Crippen LogP contribution in [0.25, 0.3) is 0 Å². The van der Waals surface area contributed by atoms with Crippen molar-refractivity contribution in [2.75, 3.05) is 0 Å². The number of para-hydroxylation sites is 1. The van der Waals surface area contributed by atoms with Crippen molar-refractivity contribution >= 4 is 17.2 Å². The Morgan fingerprint density at radius 2 is 1.32 bits per heavy atom. The molecule has 1 aromatic carbocycles. The van der Waals surface area contributed by atoms with E-state index in [1.54, 1.807) is 0 Å². The van der Waals surface area contributed by atoms with Gasteiger partial charge < -0.3 is 0 Å². The van der Waals surface area contributed by atoms with Crippen LogP contribution in [-0.2, 0) is 4.79 Å². The number of rotatable bonds is 1. The minimum atomic E-state index is -2.10. The summed E-state index contributed by atoms with van der Waals surface area (Å²) in [5.41, 5.74) is -1.91. The number of aliphatic imine (C=N–C) groups is 1. The van der Waals surface area contributed by atoms with E-state index in [-0.39, 0.29) is 0 Å². The molecule has 1 aliphatic rings. The Bertz CT molecular complexity index is 630. The molecule has 0 spiro atoms. The highest BCUT2D eigenvalue weighted by Crippen LogP contribution is 2.31. The molecule has 0 saturated carbocycles. The zero-order chi connectivity index (χ0) is 14.2. The predicted molar refractivity (Wildman–Crippen MR) is 57.0 cm³/mol. The Morgan fingerprint density at radius 3 is 1.84 bits per heavy atom. The lowest BCUT2D eigenvalue weighted by atomic mass is 10.1. The second-order valence-electron chi connectivity index (χ2n) is 3.50. The first-order chi connectivity index (χ1) is 8.93. The fourth-order valence-electron chi connectivity index (χ4n) is 1.36. The summed E-state index contributed by atoms with van der Waals surface area (Å²) in [5.74, 6) is -11.1. The van der Waals surface area contributed by atoms with Crippen molar-refractivity contribution in [1.29, 1.82) is 0 Å². The number of ketones is 1. The number of hydrogen-bond donors (Lipinski definition) is 0. The van der Waals surface area contributed by atoms with E-state index >= 15 is 0 Å². The Kier molecular flexibility index (Phi) is 3.28. The molecule has 7 heteroatoms. The summed E-state index contributed by atoms with van der Waals surface area (Å²) in [6.45, 7) is 0. The van der Waals surface area contributed by atoms with Gasteiger partial charge in [-0.15, -0.1) is 0 Å². The largest absolute Gasteiger partial charge is 0.283 e. The van der Waals surface area contributed by atoms with E-state index in [0.717, 1.165) is 12.1 Å². The molecule has 19 heavy (non-hydrogen) atoms. The Morgan fingerprint density at radius 1 is 0.789 bits per heavy atom. The maximum atomic E-state index is 13.3. The molecule has 0 unspecified atom stereocenters. The summed E-state index contributed by atoms with van der Waals surface area (Å²) < 4.78 is 65.9. The number of hydrogen-bond acceptors (Lipinski definition) is 2. The Hall–Kier alpha value is -2.31. The van der Waals surface area contributed by atoms with E-state index in [0.29, 0.717) is 0 Å². The first-order valence-corrected chi connectivity index (χ1v) is 4.92. The van der Waals surface area contributed by atoms with E-state index < -0.39 is 46.3 Å². The molecule has 2 rings (SSSR count). The molecule has 2 nitrogen and oxygen atoms in total. The van der Waals surface area contributed by atoms with Crippen LogP contribution in [0, 0.1) is 5.82 Å². The van der Waals surface area contributed by atoms with E-state index in [9.17, 15) is 26.7 Å². The third-order valence-corrected chi connectivity index (χ3v) is 2.28. The van der Waals surface area contributed by atoms with Crippen LogP contribution in [0.4, 0.5) is 27.6 Å². The van der Waals surface area contributed by atoms with Crippen molar-refractivity contribution in [3.05, 3.63) is 53.4 Å². The van der Waals surface area contributed by atoms with Crippen molar-refractivity contribution in [2.45, 2.75) is 0 Å². The number of allylic oxidation sites excluding steroid dienone is 4. The standard InChI is InChI=1S/C12H4F5NO/c13-5-3-1-2-4-6(5)18-11-7(14)9(16)12(19)10(17)8(11)15/h1-4H. The summed E-state index contributed by atoms with van der Waals surface area (Å²) in [4.78, 5) is 13.9. The number of carbonyl (C=O) groups is 1. The van der Waals surface area contributed by atoms with Gasteiger partial charge in [0, 0.05) is 0 Å². The molecular weight excluding hydrogens is 269 g/mol. The van der Waals surface area contributed by atoms with Crippen LogP contribution in [0.2, 0.25) is 0 Å². The SMILES string of the molecule is O=C1C(F)=C(F)C(=Nc2ccccc2F)C(F)=C1F. The van der Waals surface area contributed by atoms with Gasteiger partial charge in [0.1, 0.15) is 11.5 Å². The number of benzene rings is 1. The van der Waals surface area contributed by atoms with Gasteiger partial charge >= 0.3 is 0 Å². The van der Waals surface area contributed by atoms with Gasteiger partial charge in [-0.25, -0.2) is 18.2 Å². The molecular formula is C12H4F5NO. The smallest absolute Gasteiger partial charge is 0.255 e. The van der Waals surface area contributed by atoms with Gasteiger partial charge in [0.2, 0.25) is 11.7 Å². The Labute approximate surface area is 103 Å². The second-order valence-corrected chi connectivity index (χ2v) is 3.50. The molecule has 0 N–H and O–H groups in total. The van der Waals surface area contributed by atoms with Crippen molar-refractivity contribution in [2.24, 2.45) is 4.99 Å². The van der Waals surface area contributed by atoms with E-state index in [1.807, 2.05) is 0 Å². The highest BCUT2D eigenvalue weighted by Gasteiger charge is 2.35. The highest BCUT2D eigenvalue weighted by molar-refractivity contribution is 6.24. The predicted octanol–water partition coefficient (Wildman–Crippen LogP) is 3.78. The van der Waals surface area contributed by atoms with Gasteiger partial charge in [-0.1, -0.05) is 12.1 Å². The van der Waals surface area contributed by atoms with Crippen molar-refractivity contribution < 1.29 is 26.7 Å². The molecule has 98 valence electrons. The Balaban J connectivity index is 2.62. The molecule has 1 aromatic rings. The number of nitrogens with zero attached hydrogens (tertiary/aromatic N) is 1. The van der Waals surface area contributed by atoms with E-state index in [4.69, 9.17) is 0 Å². The molecule has 1 aliphatic carbocycles. The average Bonchev–Trinajstić information content (AvgIpc) is 2.41. The van der Waals surface area contributed by atoms with Gasteiger partial charge in [-0.2, -0.15) is 8.78 Å². The summed E-state index contributed by atoms with van der Waals surface area (Å²) in [7, 11) is 0. The molecule has 0 saturated heterocycles. The van der Waals surface area contributed by atoms with Crippen molar-refractivity contribution in [3.63, 3.8) is 0 Å². The molecule has 0 fully saturated rings. The molecule has 0 amide bonds. The summed E-state index contributed by atoms with van der Waals surface area (Å²) in [5, 5.41) is 0. The van der Waals surface area contributed by atoms with Crippen LogP contribution in [0.1, 0.15) is 0 Å². The fraction of sp³-hybridized carbons (Fsp3) is 0. The minimum Gasteiger partial charge on any atom is -0.283 e. The lowest BCUT2D eigenvalue weighted by molar-refractivity contribution is -0.115. The van der Waals surface area contributed by atoms with Crippen LogP contribution < -0.4 is 0 Å². The first-order valence-electron chi connectivity index (χ1n) is 4.92. The summed E-state index contributed by atoms with van der Waals surface area (Å²) in [6.07, 6.45) is 0. The summed E-state index contributed by atoms with van der Waals surface area (Å²) >= 11 is 0. The maximum absolute atomic E-state index is 13.3. The quantitative estimate of drug-likeness (QED) is 0.565. The molecule has 0 radical (unpaired) electrons. The van der Waals surface area contributed by atoms with Crippen LogP contribution >= 0.6 is 0 Å². The monoisotopic (exact) mass is 273 g/mol. The first kappa shape index (κ1) is 13.1. The topological polar surface area (TPSA) is 29.4 Å². The minimum absolute atomic E-state index is 0.516. The van der Waals surface area contributed by atoms with Crippen LogP contribution in [0.5, 0.6) is 0 Å². The third-order valence-electron chi connectivity index (χ3n) is 2.28. The van der Waals surface area contributed by atoms with E-state index in [1.165, 1.54) is 12.1 Å². The number of carbonyl (C=O) groups excluding carboxylic acids is 1. The lowest BCUT2D eigenvalue weighted by Gasteiger charge is -2.09. The molecule has 0 heterocycles. The van der Waals surface area contributed by atoms with Gasteiger partial charge in [-0.05, 0) is 12.1 Å². The molecule has 0 aliphatic heterocycles. The van der Waals surface area contributed by atoms with E-state index in [2.05, 4.69) is 4.99 Å². The molecule has 0 aromatic heterocycles. The van der Waals surface area contributed by atoms with Crippen LogP contribution in [-0.4, -0.2) is 11.5 Å². The second kappa shape index (κ2) is 4.75.